The first kappa shape index (κ1) is 26.8. The Morgan fingerprint density at radius 3 is 2.15 bits per heavy atom. The highest BCUT2D eigenvalue weighted by Gasteiger charge is 2.52. The first-order valence-electron chi connectivity index (χ1n) is 13.1. The molecule has 5 rings (SSSR count). The number of hydrogen-bond acceptors (Lipinski definition) is 6. The fraction of sp³-hybridized carbons (Fsp3) is 0.323. The van der Waals surface area contributed by atoms with Crippen LogP contribution in [0.25, 0.3) is 17.2 Å². The van der Waals surface area contributed by atoms with E-state index in [1.165, 1.54) is 11.1 Å². The Hall–Kier alpha value is -3.75. The standard InChI is InChI=1S/C31H34BNO6/c1-30(2)31(3,4)39-32(38-30)21(16-20-17-22(36-5)14-15-28(20)34)18-33-29(35)37-19-27-25-12-8-6-10-23(25)24-11-7-9-13-26(24)27/h6-17,27,34H,18-19H2,1-5H3,(H,33,35). The van der Waals surface area contributed by atoms with Gasteiger partial charge in [0.25, 0.3) is 0 Å². The van der Waals surface area contributed by atoms with Crippen molar-refractivity contribution in [2.24, 2.45) is 0 Å². The van der Waals surface area contributed by atoms with Gasteiger partial charge in [-0.2, -0.15) is 0 Å². The molecule has 0 atom stereocenters. The number of hydrogen-bond donors (Lipinski definition) is 2. The van der Waals surface area contributed by atoms with Gasteiger partial charge in [0.15, 0.2) is 0 Å². The third-order valence-electron chi connectivity index (χ3n) is 7.91. The highest BCUT2D eigenvalue weighted by Crippen LogP contribution is 2.44. The summed E-state index contributed by atoms with van der Waals surface area (Å²) in [6.45, 7) is 8.18. The number of phenolic OH excluding ortho intramolecular Hbond substituents is 1. The maximum atomic E-state index is 12.9. The molecule has 1 aliphatic heterocycles. The minimum atomic E-state index is -0.727. The summed E-state index contributed by atoms with van der Waals surface area (Å²) in [6, 6.07) is 21.4. The third kappa shape index (κ3) is 5.27. The number of phenols is 1. The molecule has 1 aliphatic carbocycles. The Kier molecular flexibility index (Phi) is 7.18. The molecule has 0 spiro atoms. The number of nitrogens with one attached hydrogen (secondary N) is 1. The number of fused-ring (bicyclic) bond motifs is 3. The normalized spacial score (nSPS) is 17.5. The largest absolute Gasteiger partial charge is 0.507 e. The summed E-state index contributed by atoms with van der Waals surface area (Å²) in [5.74, 6) is 0.637. The van der Waals surface area contributed by atoms with Crippen molar-refractivity contribution < 1.29 is 28.7 Å². The van der Waals surface area contributed by atoms with Crippen molar-refractivity contribution in [3.63, 3.8) is 0 Å². The summed E-state index contributed by atoms with van der Waals surface area (Å²) < 4.78 is 23.5. The summed E-state index contributed by atoms with van der Waals surface area (Å²) in [7, 11) is 0.836. The number of carbonyl (C=O) groups excluding carboxylic acids is 1. The minimum absolute atomic E-state index is 0.0324. The Morgan fingerprint density at radius 1 is 0.974 bits per heavy atom. The lowest BCUT2D eigenvalue weighted by molar-refractivity contribution is 0.00578. The van der Waals surface area contributed by atoms with E-state index in [4.69, 9.17) is 18.8 Å². The van der Waals surface area contributed by atoms with Gasteiger partial charge in [-0.05, 0) is 73.6 Å². The first-order valence-corrected chi connectivity index (χ1v) is 13.1. The third-order valence-corrected chi connectivity index (χ3v) is 7.91. The number of rotatable bonds is 7. The quantitative estimate of drug-likeness (QED) is 0.369. The molecule has 2 aliphatic rings. The summed E-state index contributed by atoms with van der Waals surface area (Å²) in [5, 5.41) is 13.3. The molecule has 3 aromatic rings. The van der Waals surface area contributed by atoms with Gasteiger partial charge in [0.1, 0.15) is 18.1 Å². The molecule has 1 saturated heterocycles. The molecular formula is C31H34BNO6. The first-order chi connectivity index (χ1) is 18.6. The van der Waals surface area contributed by atoms with Crippen LogP contribution >= 0.6 is 0 Å². The van der Waals surface area contributed by atoms with Crippen LogP contribution in [0.1, 0.15) is 50.3 Å². The van der Waals surface area contributed by atoms with Gasteiger partial charge in [-0.1, -0.05) is 54.6 Å². The van der Waals surface area contributed by atoms with E-state index >= 15 is 0 Å². The number of benzene rings is 3. The second kappa shape index (κ2) is 10.4. The number of alkyl carbamates (subject to hydrolysis) is 1. The lowest BCUT2D eigenvalue weighted by atomic mass is 9.77. The van der Waals surface area contributed by atoms with E-state index in [0.29, 0.717) is 16.8 Å². The molecule has 7 nitrogen and oxygen atoms in total. The van der Waals surface area contributed by atoms with Gasteiger partial charge in [-0.3, -0.25) is 0 Å². The van der Waals surface area contributed by atoms with Crippen LogP contribution in [0.3, 0.4) is 0 Å². The fourth-order valence-electron chi connectivity index (χ4n) is 5.00. The van der Waals surface area contributed by atoms with Crippen LogP contribution in [0.15, 0.2) is 72.2 Å². The average Bonchev–Trinajstić information content (AvgIpc) is 3.35. The number of amides is 1. The van der Waals surface area contributed by atoms with Crippen molar-refractivity contribution in [2.45, 2.75) is 44.8 Å². The van der Waals surface area contributed by atoms with Crippen LogP contribution in [0.2, 0.25) is 0 Å². The van der Waals surface area contributed by atoms with Crippen molar-refractivity contribution in [1.82, 2.24) is 5.32 Å². The van der Waals surface area contributed by atoms with Gasteiger partial charge in [-0.15, -0.1) is 0 Å². The van der Waals surface area contributed by atoms with E-state index in [2.05, 4.69) is 29.6 Å². The number of ether oxygens (including phenoxy) is 2. The number of methoxy groups -OCH3 is 1. The van der Waals surface area contributed by atoms with Gasteiger partial charge in [0.2, 0.25) is 0 Å². The van der Waals surface area contributed by atoms with Crippen LogP contribution in [-0.4, -0.2) is 49.8 Å². The monoisotopic (exact) mass is 527 g/mol. The van der Waals surface area contributed by atoms with Gasteiger partial charge in [0.05, 0.1) is 18.3 Å². The van der Waals surface area contributed by atoms with E-state index in [0.717, 1.165) is 11.1 Å². The smallest absolute Gasteiger partial charge is 0.492 e. The van der Waals surface area contributed by atoms with Crippen molar-refractivity contribution in [3.8, 4) is 22.6 Å². The topological polar surface area (TPSA) is 86.3 Å². The summed E-state index contributed by atoms with van der Waals surface area (Å²) in [4.78, 5) is 12.9. The molecule has 1 amide bonds. The molecular weight excluding hydrogens is 493 g/mol. The summed E-state index contributed by atoms with van der Waals surface area (Å²) in [5.41, 5.74) is 4.65. The van der Waals surface area contributed by atoms with Gasteiger partial charge in [0, 0.05) is 18.0 Å². The number of carbonyl (C=O) groups is 1. The molecule has 2 N–H and O–H groups in total. The zero-order valence-corrected chi connectivity index (χ0v) is 23.0. The summed E-state index contributed by atoms with van der Waals surface area (Å²) in [6.07, 6.45) is 1.21. The van der Waals surface area contributed by atoms with Crippen LogP contribution in [0.5, 0.6) is 11.5 Å². The molecule has 0 aromatic heterocycles. The molecule has 0 saturated carbocycles. The van der Waals surface area contributed by atoms with Crippen molar-refractivity contribution in [1.29, 1.82) is 0 Å². The Balaban J connectivity index is 1.32. The number of aromatic hydroxyl groups is 1. The SMILES string of the molecule is COc1ccc(O)c(C=C(CNC(=O)OCC2c3ccccc3-c3ccccc32)B2OC(C)(C)C(C)(C)O2)c1. The lowest BCUT2D eigenvalue weighted by Gasteiger charge is -2.32. The molecule has 0 bridgehead atoms. The molecule has 39 heavy (non-hydrogen) atoms. The zero-order chi connectivity index (χ0) is 27.8. The fourth-order valence-corrected chi connectivity index (χ4v) is 5.00. The van der Waals surface area contributed by atoms with E-state index in [9.17, 15) is 9.90 Å². The molecule has 3 aromatic carbocycles. The predicted molar refractivity (Wildman–Crippen MR) is 152 cm³/mol. The van der Waals surface area contributed by atoms with Gasteiger partial charge in [-0.25, -0.2) is 4.79 Å². The van der Waals surface area contributed by atoms with Crippen molar-refractivity contribution >= 4 is 19.3 Å². The van der Waals surface area contributed by atoms with Crippen LogP contribution in [0.4, 0.5) is 4.79 Å². The van der Waals surface area contributed by atoms with E-state index < -0.39 is 24.4 Å². The molecule has 1 fully saturated rings. The van der Waals surface area contributed by atoms with Crippen molar-refractivity contribution in [3.05, 3.63) is 88.9 Å². The zero-order valence-electron chi connectivity index (χ0n) is 23.0. The Labute approximate surface area is 229 Å². The second-order valence-electron chi connectivity index (χ2n) is 10.9. The van der Waals surface area contributed by atoms with Gasteiger partial charge < -0.3 is 29.2 Å². The molecule has 8 heteroatoms. The highest BCUT2D eigenvalue weighted by molar-refractivity contribution is 6.56. The van der Waals surface area contributed by atoms with E-state index in [1.807, 2.05) is 52.0 Å². The van der Waals surface area contributed by atoms with Crippen LogP contribution in [-0.2, 0) is 14.0 Å². The maximum absolute atomic E-state index is 12.9. The van der Waals surface area contributed by atoms with Crippen LogP contribution < -0.4 is 10.1 Å². The van der Waals surface area contributed by atoms with Gasteiger partial charge >= 0.3 is 13.2 Å². The Morgan fingerprint density at radius 2 is 1.56 bits per heavy atom. The van der Waals surface area contributed by atoms with E-state index in [-0.39, 0.29) is 24.8 Å². The van der Waals surface area contributed by atoms with Crippen molar-refractivity contribution in [2.75, 3.05) is 20.3 Å². The molecule has 202 valence electrons. The summed E-state index contributed by atoms with van der Waals surface area (Å²) >= 11 is 0. The molecule has 0 radical (unpaired) electrons. The maximum Gasteiger partial charge on any atom is 0.492 e. The molecule has 1 heterocycles. The Bertz CT molecular complexity index is 1350. The van der Waals surface area contributed by atoms with Crippen LogP contribution in [0, 0.1) is 0 Å². The second-order valence-corrected chi connectivity index (χ2v) is 10.9. The molecule has 0 unspecified atom stereocenters. The lowest BCUT2D eigenvalue weighted by Crippen LogP contribution is -2.41. The predicted octanol–water partition coefficient (Wildman–Crippen LogP) is 5.95. The highest BCUT2D eigenvalue weighted by atomic mass is 16.7. The minimum Gasteiger partial charge on any atom is -0.507 e. The average molecular weight is 527 g/mol. The van der Waals surface area contributed by atoms with E-state index in [1.54, 1.807) is 31.4 Å².